The van der Waals surface area contributed by atoms with Crippen molar-refractivity contribution in [3.63, 3.8) is 0 Å². The number of fused-ring (bicyclic) bond motifs is 1. The maximum atomic E-state index is 13.5. The number of aromatic nitrogens is 2. The van der Waals surface area contributed by atoms with Crippen LogP contribution in [0.25, 0.3) is 0 Å². The van der Waals surface area contributed by atoms with E-state index >= 15 is 0 Å². The summed E-state index contributed by atoms with van der Waals surface area (Å²) in [5, 5.41) is 19.4. The van der Waals surface area contributed by atoms with Crippen LogP contribution in [0.3, 0.4) is 0 Å². The third kappa shape index (κ3) is 3.52. The number of phenolic OH excluding ortho intramolecular Hbond substituents is 1. The summed E-state index contributed by atoms with van der Waals surface area (Å²) < 4.78 is 11.5. The van der Waals surface area contributed by atoms with E-state index in [1.165, 1.54) is 0 Å². The SMILES string of the molecule is COc1ccc([C@@H]2CC(=O)C3=C(C2)Nc2[nH][nH]c(=O)c2[C@@H]3c2cc(Br)ccc2O)cc1OC. The Morgan fingerprint density at radius 1 is 1.00 bits per heavy atom. The average Bonchev–Trinajstić information content (AvgIpc) is 3.19. The second-order valence-corrected chi connectivity index (χ2v) is 9.08. The number of ketones is 1. The monoisotopic (exact) mass is 511 g/mol. The molecule has 0 fully saturated rings. The zero-order valence-corrected chi connectivity index (χ0v) is 19.6. The lowest BCUT2D eigenvalue weighted by molar-refractivity contribution is -0.116. The number of hydrogen-bond donors (Lipinski definition) is 4. The number of allylic oxidation sites excluding steroid dienone is 2. The first-order valence-electron chi connectivity index (χ1n) is 10.4. The average molecular weight is 512 g/mol. The molecule has 2 aromatic carbocycles. The highest BCUT2D eigenvalue weighted by molar-refractivity contribution is 9.10. The maximum absolute atomic E-state index is 13.5. The molecule has 0 saturated heterocycles. The smallest absolute Gasteiger partial charge is 0.270 e. The van der Waals surface area contributed by atoms with Crippen LogP contribution < -0.4 is 20.3 Å². The van der Waals surface area contributed by atoms with Crippen molar-refractivity contribution in [1.29, 1.82) is 0 Å². The van der Waals surface area contributed by atoms with Gasteiger partial charge in [-0.3, -0.25) is 19.8 Å². The first-order valence-corrected chi connectivity index (χ1v) is 11.2. The van der Waals surface area contributed by atoms with Crippen LogP contribution in [-0.2, 0) is 4.79 Å². The molecule has 5 rings (SSSR count). The molecule has 2 heterocycles. The van der Waals surface area contributed by atoms with Gasteiger partial charge in [0.15, 0.2) is 17.3 Å². The van der Waals surface area contributed by atoms with E-state index in [1.54, 1.807) is 32.4 Å². The quantitative estimate of drug-likeness (QED) is 0.418. The van der Waals surface area contributed by atoms with Gasteiger partial charge in [-0.1, -0.05) is 22.0 Å². The number of phenols is 1. The van der Waals surface area contributed by atoms with Crippen molar-refractivity contribution in [3.8, 4) is 17.2 Å². The van der Waals surface area contributed by atoms with Crippen molar-refractivity contribution in [3.05, 3.63) is 79.2 Å². The van der Waals surface area contributed by atoms with Gasteiger partial charge in [0.25, 0.3) is 5.56 Å². The molecule has 4 N–H and O–H groups in total. The van der Waals surface area contributed by atoms with Crippen LogP contribution in [0.5, 0.6) is 17.2 Å². The normalized spacial score (nSPS) is 19.5. The van der Waals surface area contributed by atoms with Gasteiger partial charge >= 0.3 is 0 Å². The number of hydrogen-bond acceptors (Lipinski definition) is 6. The molecule has 1 aliphatic carbocycles. The van der Waals surface area contributed by atoms with Gasteiger partial charge in [0.05, 0.1) is 25.7 Å². The van der Waals surface area contributed by atoms with E-state index < -0.39 is 5.92 Å². The first kappa shape index (κ1) is 21.4. The van der Waals surface area contributed by atoms with Gasteiger partial charge in [-0.2, -0.15) is 0 Å². The first-order chi connectivity index (χ1) is 15.9. The van der Waals surface area contributed by atoms with Gasteiger partial charge in [0.1, 0.15) is 11.6 Å². The summed E-state index contributed by atoms with van der Waals surface area (Å²) >= 11 is 3.44. The lowest BCUT2D eigenvalue weighted by Gasteiger charge is -2.35. The van der Waals surface area contributed by atoms with Crippen LogP contribution in [0.4, 0.5) is 5.82 Å². The largest absolute Gasteiger partial charge is 0.508 e. The summed E-state index contributed by atoms with van der Waals surface area (Å²) in [4.78, 5) is 26.2. The molecule has 0 saturated carbocycles. The summed E-state index contributed by atoms with van der Waals surface area (Å²) in [6.07, 6.45) is 0.841. The number of ether oxygens (including phenoxy) is 2. The van der Waals surface area contributed by atoms with Crippen LogP contribution in [-0.4, -0.2) is 35.3 Å². The standard InChI is InChI=1S/C24H22BrN3O5/c1-32-18-6-3-11(9-19(18)33-2)12-7-15-21(17(30)8-12)20(14-10-13(25)4-5-16(14)29)22-23(26-15)27-28-24(22)31/h3-6,9-10,12,20,29H,7-8H2,1-2H3,(H3,26,27,28,31)/t12-,20+/m0/s1. The van der Waals surface area contributed by atoms with Crippen molar-refractivity contribution in [2.24, 2.45) is 0 Å². The van der Waals surface area contributed by atoms with Crippen molar-refractivity contribution in [1.82, 2.24) is 10.2 Å². The number of nitrogens with one attached hydrogen (secondary N) is 3. The number of carbonyl (C=O) groups is 1. The Kier molecular flexibility index (Phi) is 5.28. The molecular weight excluding hydrogens is 490 g/mol. The van der Waals surface area contributed by atoms with E-state index in [4.69, 9.17) is 9.47 Å². The van der Waals surface area contributed by atoms with Gasteiger partial charge in [0.2, 0.25) is 0 Å². The number of anilines is 1. The third-order valence-electron chi connectivity index (χ3n) is 6.36. The third-order valence-corrected chi connectivity index (χ3v) is 6.85. The Hall–Kier alpha value is -3.46. The van der Waals surface area contributed by atoms with Crippen LogP contribution in [0, 0.1) is 0 Å². The van der Waals surface area contributed by atoms with Gasteiger partial charge in [-0.15, -0.1) is 0 Å². The van der Waals surface area contributed by atoms with Crippen molar-refractivity contribution in [2.45, 2.75) is 24.7 Å². The molecule has 0 spiro atoms. The second-order valence-electron chi connectivity index (χ2n) is 8.16. The highest BCUT2D eigenvalue weighted by Crippen LogP contribution is 2.49. The van der Waals surface area contributed by atoms with Crippen LogP contribution in [0.1, 0.15) is 41.4 Å². The highest BCUT2D eigenvalue weighted by Gasteiger charge is 2.41. The Balaban J connectivity index is 1.61. The molecule has 2 aliphatic rings. The van der Waals surface area contributed by atoms with E-state index in [9.17, 15) is 14.7 Å². The molecule has 9 heteroatoms. The molecule has 8 nitrogen and oxygen atoms in total. The number of aromatic amines is 2. The number of carbonyl (C=O) groups excluding carboxylic acids is 1. The van der Waals surface area contributed by atoms with E-state index in [2.05, 4.69) is 31.4 Å². The topological polar surface area (TPSA) is 116 Å². The van der Waals surface area contributed by atoms with Crippen LogP contribution in [0.2, 0.25) is 0 Å². The summed E-state index contributed by atoms with van der Waals surface area (Å²) in [5.41, 5.74) is 2.77. The highest BCUT2D eigenvalue weighted by atomic mass is 79.9. The molecule has 1 aromatic heterocycles. The molecule has 2 atom stereocenters. The Morgan fingerprint density at radius 2 is 1.79 bits per heavy atom. The number of aromatic hydroxyl groups is 1. The van der Waals surface area contributed by atoms with Gasteiger partial charge in [0, 0.05) is 27.7 Å². The Morgan fingerprint density at radius 3 is 2.55 bits per heavy atom. The number of rotatable bonds is 4. The molecule has 0 radical (unpaired) electrons. The summed E-state index contributed by atoms with van der Waals surface area (Å²) in [7, 11) is 3.16. The number of Topliss-reactive ketones (excluding diaryl/α,β-unsaturated/α-hetero) is 1. The molecule has 0 bridgehead atoms. The zero-order valence-electron chi connectivity index (χ0n) is 18.0. The van der Waals surface area contributed by atoms with Gasteiger partial charge in [-0.05, 0) is 48.2 Å². The molecule has 170 valence electrons. The van der Waals surface area contributed by atoms with E-state index in [0.29, 0.717) is 40.4 Å². The van der Waals surface area contributed by atoms with Crippen molar-refractivity contribution >= 4 is 27.5 Å². The molecule has 33 heavy (non-hydrogen) atoms. The number of methoxy groups -OCH3 is 2. The molecule has 3 aromatic rings. The van der Waals surface area contributed by atoms with Crippen LogP contribution in [0.15, 0.2) is 56.9 Å². The van der Waals surface area contributed by atoms with E-state index in [1.807, 2.05) is 18.2 Å². The van der Waals surface area contributed by atoms with E-state index in [-0.39, 0.29) is 29.4 Å². The second kappa shape index (κ2) is 8.15. The van der Waals surface area contributed by atoms with Crippen molar-refractivity contribution < 1.29 is 19.4 Å². The maximum Gasteiger partial charge on any atom is 0.270 e. The minimum atomic E-state index is -0.678. The predicted molar refractivity (Wildman–Crippen MR) is 126 cm³/mol. The number of benzene rings is 2. The fraction of sp³-hybridized carbons (Fsp3) is 0.250. The fourth-order valence-electron chi connectivity index (χ4n) is 4.83. The summed E-state index contributed by atoms with van der Waals surface area (Å²) in [6.45, 7) is 0. The summed E-state index contributed by atoms with van der Waals surface area (Å²) in [6, 6.07) is 10.7. The minimum absolute atomic E-state index is 0.0262. The zero-order chi connectivity index (χ0) is 23.3. The molecule has 1 aliphatic heterocycles. The Bertz CT molecular complexity index is 1360. The Labute approximate surface area is 197 Å². The fourth-order valence-corrected chi connectivity index (χ4v) is 5.21. The lowest BCUT2D eigenvalue weighted by Crippen LogP contribution is -2.31. The summed E-state index contributed by atoms with van der Waals surface area (Å²) in [5.74, 6) is 0.934. The van der Waals surface area contributed by atoms with Gasteiger partial charge in [-0.25, -0.2) is 0 Å². The number of halogens is 1. The predicted octanol–water partition coefficient (Wildman–Crippen LogP) is 4.15. The van der Waals surface area contributed by atoms with Gasteiger partial charge < -0.3 is 19.9 Å². The van der Waals surface area contributed by atoms with Crippen LogP contribution >= 0.6 is 15.9 Å². The lowest BCUT2D eigenvalue weighted by atomic mass is 9.72. The molecule has 0 unspecified atom stereocenters. The minimum Gasteiger partial charge on any atom is -0.508 e. The molecule has 0 amide bonds. The van der Waals surface area contributed by atoms with E-state index in [0.717, 1.165) is 15.7 Å². The number of H-pyrrole nitrogens is 2. The molecular formula is C24H22BrN3O5. The van der Waals surface area contributed by atoms with Crippen molar-refractivity contribution in [2.75, 3.05) is 19.5 Å².